The molecule has 1 amide bonds. The van der Waals surface area contributed by atoms with E-state index in [4.69, 9.17) is 19.9 Å². The Labute approximate surface area is 160 Å². The fraction of sp³-hybridized carbons (Fsp3) is 0.409. The molecule has 3 rings (SSSR count). The van der Waals surface area contributed by atoms with Crippen molar-refractivity contribution >= 4 is 6.09 Å². The molecule has 2 unspecified atom stereocenters. The maximum atomic E-state index is 11.6. The molecule has 1 aliphatic heterocycles. The largest absolute Gasteiger partial charge is 0.489 e. The number of nitrogens with two attached hydrogens (primary N) is 1. The first-order chi connectivity index (χ1) is 12.8. The number of amides is 1. The Morgan fingerprint density at radius 3 is 2.22 bits per heavy atom. The molecule has 144 valence electrons. The Kier molecular flexibility index (Phi) is 5.42. The molecule has 1 heterocycles. The second-order valence-corrected chi connectivity index (χ2v) is 7.98. The van der Waals surface area contributed by atoms with E-state index in [1.807, 2.05) is 75.4 Å². The fourth-order valence-corrected chi connectivity index (χ4v) is 3.36. The summed E-state index contributed by atoms with van der Waals surface area (Å²) in [6, 6.07) is 17.9. The van der Waals surface area contributed by atoms with Crippen LogP contribution in [0.25, 0.3) is 0 Å². The molecule has 5 nitrogen and oxygen atoms in total. The van der Waals surface area contributed by atoms with E-state index in [-0.39, 0.29) is 11.5 Å². The normalized spacial score (nSPS) is 18.4. The van der Waals surface area contributed by atoms with Crippen LogP contribution < -0.4 is 10.5 Å². The van der Waals surface area contributed by atoms with E-state index >= 15 is 0 Å². The molecule has 0 aromatic heterocycles. The molecular weight excluding hydrogens is 342 g/mol. The molecule has 0 saturated carbocycles. The maximum absolute atomic E-state index is 11.6. The van der Waals surface area contributed by atoms with Crippen molar-refractivity contribution < 1.29 is 19.0 Å². The van der Waals surface area contributed by atoms with E-state index in [0.717, 1.165) is 16.9 Å². The summed E-state index contributed by atoms with van der Waals surface area (Å²) in [6.07, 6.45) is -0.384. The van der Waals surface area contributed by atoms with Crippen molar-refractivity contribution in [1.29, 1.82) is 0 Å². The van der Waals surface area contributed by atoms with E-state index in [1.54, 1.807) is 0 Å². The molecule has 0 bridgehead atoms. The van der Waals surface area contributed by atoms with Gasteiger partial charge in [0.15, 0.2) is 5.60 Å². The number of rotatable bonds is 7. The molecule has 2 aromatic carbocycles. The van der Waals surface area contributed by atoms with E-state index < -0.39 is 11.7 Å². The summed E-state index contributed by atoms with van der Waals surface area (Å²) in [7, 11) is 0. The van der Waals surface area contributed by atoms with Crippen molar-refractivity contribution in [2.45, 2.75) is 45.5 Å². The molecule has 1 aliphatic rings. The monoisotopic (exact) mass is 369 g/mol. The van der Waals surface area contributed by atoms with Gasteiger partial charge in [-0.05, 0) is 23.3 Å². The van der Waals surface area contributed by atoms with Gasteiger partial charge in [-0.25, -0.2) is 4.79 Å². The highest BCUT2D eigenvalue weighted by atomic mass is 16.6. The third-order valence-corrected chi connectivity index (χ3v) is 5.04. The van der Waals surface area contributed by atoms with Crippen LogP contribution >= 0.6 is 0 Å². The molecular formula is C22H27NO4. The minimum Gasteiger partial charge on any atom is -0.489 e. The molecule has 1 saturated heterocycles. The van der Waals surface area contributed by atoms with E-state index in [2.05, 4.69) is 0 Å². The highest BCUT2D eigenvalue weighted by Gasteiger charge is 2.57. The Morgan fingerprint density at radius 1 is 1.07 bits per heavy atom. The van der Waals surface area contributed by atoms with E-state index in [1.165, 1.54) is 0 Å². The highest BCUT2D eigenvalue weighted by molar-refractivity contribution is 5.65. The molecule has 2 N–H and O–H groups in total. The van der Waals surface area contributed by atoms with Crippen molar-refractivity contribution in [2.75, 3.05) is 6.61 Å². The first-order valence-corrected chi connectivity index (χ1v) is 9.16. The summed E-state index contributed by atoms with van der Waals surface area (Å²) < 4.78 is 17.0. The summed E-state index contributed by atoms with van der Waals surface area (Å²) in [4.78, 5) is 11.6. The number of primary amides is 1. The van der Waals surface area contributed by atoms with Gasteiger partial charge in [-0.15, -0.1) is 0 Å². The number of epoxide rings is 1. The maximum Gasteiger partial charge on any atom is 0.405 e. The van der Waals surface area contributed by atoms with Gasteiger partial charge in [0, 0.05) is 11.8 Å². The average Bonchev–Trinajstić information content (AvgIpc) is 3.45. The van der Waals surface area contributed by atoms with Gasteiger partial charge in [-0.2, -0.15) is 0 Å². The predicted molar refractivity (Wildman–Crippen MR) is 104 cm³/mol. The Morgan fingerprint density at radius 2 is 1.70 bits per heavy atom. The standard InChI is InChI=1S/C22H27NO4/c1-21(2,3)22(19-15-26-19,27-20(23)24)13-16-9-11-18(12-10-16)25-14-17-7-5-4-6-8-17/h4-12,19H,13-15H2,1-3H3,(H2,23,24). The zero-order valence-electron chi connectivity index (χ0n) is 16.1. The second-order valence-electron chi connectivity index (χ2n) is 7.98. The SMILES string of the molecule is CC(C)(C)C(Cc1ccc(OCc2ccccc2)cc1)(OC(N)=O)C1CO1. The van der Waals surface area contributed by atoms with Crippen LogP contribution in [0.4, 0.5) is 4.79 Å². The van der Waals surface area contributed by atoms with Crippen molar-refractivity contribution in [1.82, 2.24) is 0 Å². The van der Waals surface area contributed by atoms with Crippen LogP contribution in [-0.4, -0.2) is 24.4 Å². The van der Waals surface area contributed by atoms with Crippen molar-refractivity contribution in [3.05, 3.63) is 65.7 Å². The van der Waals surface area contributed by atoms with E-state index in [0.29, 0.717) is 19.6 Å². The first-order valence-electron chi connectivity index (χ1n) is 9.16. The molecule has 2 aromatic rings. The quantitative estimate of drug-likeness (QED) is 0.746. The van der Waals surface area contributed by atoms with Gasteiger partial charge in [0.1, 0.15) is 18.5 Å². The third-order valence-electron chi connectivity index (χ3n) is 5.04. The lowest BCUT2D eigenvalue weighted by Crippen LogP contribution is -2.54. The van der Waals surface area contributed by atoms with Gasteiger partial charge in [-0.3, -0.25) is 0 Å². The smallest absolute Gasteiger partial charge is 0.405 e. The van der Waals surface area contributed by atoms with Gasteiger partial charge in [0.05, 0.1) is 6.61 Å². The summed E-state index contributed by atoms with van der Waals surface area (Å²) in [5, 5.41) is 0. The predicted octanol–water partition coefficient (Wildman–Crippen LogP) is 4.09. The zero-order chi connectivity index (χ0) is 19.5. The lowest BCUT2D eigenvalue weighted by molar-refractivity contribution is -0.0825. The molecule has 0 aliphatic carbocycles. The Bertz CT molecular complexity index is 763. The summed E-state index contributed by atoms with van der Waals surface area (Å²) in [5.74, 6) is 0.794. The third kappa shape index (κ3) is 4.61. The summed E-state index contributed by atoms with van der Waals surface area (Å²) >= 11 is 0. The van der Waals surface area contributed by atoms with Crippen molar-refractivity contribution in [2.24, 2.45) is 11.1 Å². The number of hydrogen-bond acceptors (Lipinski definition) is 4. The number of hydrogen-bond donors (Lipinski definition) is 1. The van der Waals surface area contributed by atoms with Crippen LogP contribution in [0.1, 0.15) is 31.9 Å². The topological polar surface area (TPSA) is 74.1 Å². The van der Waals surface area contributed by atoms with Crippen LogP contribution in [0.5, 0.6) is 5.75 Å². The number of carbonyl (C=O) groups excluding carboxylic acids is 1. The molecule has 5 heteroatoms. The number of benzene rings is 2. The van der Waals surface area contributed by atoms with Gasteiger partial charge >= 0.3 is 6.09 Å². The van der Waals surface area contributed by atoms with Gasteiger partial charge in [-0.1, -0.05) is 63.2 Å². The Balaban J connectivity index is 1.72. The zero-order valence-corrected chi connectivity index (χ0v) is 16.1. The average molecular weight is 369 g/mol. The molecule has 0 radical (unpaired) electrons. The van der Waals surface area contributed by atoms with Crippen LogP contribution in [-0.2, 0) is 22.5 Å². The summed E-state index contributed by atoms with van der Waals surface area (Å²) in [5.41, 5.74) is 6.40. The van der Waals surface area contributed by atoms with Crippen molar-refractivity contribution in [3.8, 4) is 5.75 Å². The van der Waals surface area contributed by atoms with Crippen LogP contribution in [0.2, 0.25) is 0 Å². The Hall–Kier alpha value is -2.53. The lowest BCUT2D eigenvalue weighted by atomic mass is 9.70. The van der Waals surface area contributed by atoms with Gasteiger partial charge in [0.2, 0.25) is 0 Å². The molecule has 2 atom stereocenters. The minimum absolute atomic E-state index is 0.140. The van der Waals surface area contributed by atoms with Gasteiger partial charge < -0.3 is 19.9 Å². The minimum atomic E-state index is -0.800. The molecule has 1 fully saturated rings. The number of carbonyl (C=O) groups is 1. The second kappa shape index (κ2) is 7.61. The van der Waals surface area contributed by atoms with Crippen LogP contribution in [0.15, 0.2) is 54.6 Å². The summed E-state index contributed by atoms with van der Waals surface area (Å²) in [6.45, 7) is 7.20. The molecule has 0 spiro atoms. The van der Waals surface area contributed by atoms with Gasteiger partial charge in [0.25, 0.3) is 0 Å². The first kappa shape index (κ1) is 19.2. The fourth-order valence-electron chi connectivity index (χ4n) is 3.36. The number of ether oxygens (including phenoxy) is 3. The van der Waals surface area contributed by atoms with Crippen LogP contribution in [0, 0.1) is 5.41 Å². The lowest BCUT2D eigenvalue weighted by Gasteiger charge is -2.42. The highest BCUT2D eigenvalue weighted by Crippen LogP contribution is 2.45. The van der Waals surface area contributed by atoms with Crippen molar-refractivity contribution in [3.63, 3.8) is 0 Å². The van der Waals surface area contributed by atoms with E-state index in [9.17, 15) is 4.79 Å². The van der Waals surface area contributed by atoms with Crippen LogP contribution in [0.3, 0.4) is 0 Å². The molecule has 27 heavy (non-hydrogen) atoms.